The first-order valence-electron chi connectivity index (χ1n) is 5.20. The van der Waals surface area contributed by atoms with Gasteiger partial charge in [0.05, 0.1) is 11.8 Å². The predicted molar refractivity (Wildman–Crippen MR) is 65.1 cm³/mol. The molecule has 3 rings (SSSR count). The largest absolute Gasteiger partial charge is 0.477 e. The van der Waals surface area contributed by atoms with Crippen molar-refractivity contribution in [2.45, 2.75) is 5.37 Å². The molecule has 3 heterocycles. The summed E-state index contributed by atoms with van der Waals surface area (Å²) in [5.41, 5.74) is 1.50. The van der Waals surface area contributed by atoms with Crippen LogP contribution < -0.4 is 0 Å². The molecule has 7 heteroatoms. The Hall–Kier alpha value is -2.02. The second-order valence-corrected chi connectivity index (χ2v) is 4.97. The van der Waals surface area contributed by atoms with Crippen LogP contribution in [0.4, 0.5) is 0 Å². The number of aryl methyl sites for hydroxylation is 1. The fourth-order valence-electron chi connectivity index (χ4n) is 1.96. The van der Waals surface area contributed by atoms with Crippen molar-refractivity contribution in [3.05, 3.63) is 34.6 Å². The zero-order valence-corrected chi connectivity index (χ0v) is 10.2. The summed E-state index contributed by atoms with van der Waals surface area (Å²) in [6.45, 7) is 0. The minimum atomic E-state index is -1.07. The Labute approximate surface area is 107 Å². The third kappa shape index (κ3) is 1.47. The second-order valence-electron chi connectivity index (χ2n) is 4.02. The molecular weight excluding hydrogens is 254 g/mol. The van der Waals surface area contributed by atoms with Crippen molar-refractivity contribution in [2.24, 2.45) is 7.05 Å². The van der Waals surface area contributed by atoms with Crippen LogP contribution in [0, 0.1) is 0 Å². The van der Waals surface area contributed by atoms with E-state index in [0.717, 1.165) is 5.56 Å². The van der Waals surface area contributed by atoms with Crippen molar-refractivity contribution in [3.8, 4) is 0 Å². The fourth-order valence-corrected chi connectivity index (χ4v) is 3.08. The molecule has 0 saturated carbocycles. The topological polar surface area (TPSA) is 75.4 Å². The molecule has 0 spiro atoms. The van der Waals surface area contributed by atoms with Crippen LogP contribution in [0.1, 0.15) is 5.56 Å². The lowest BCUT2D eigenvalue weighted by Crippen LogP contribution is -2.51. The van der Waals surface area contributed by atoms with E-state index in [1.165, 1.54) is 22.1 Å². The number of carboxylic acid groups (broad SMARTS) is 1. The highest BCUT2D eigenvalue weighted by Crippen LogP contribution is 2.44. The molecule has 0 aromatic carbocycles. The number of hydrogen-bond acceptors (Lipinski definition) is 4. The van der Waals surface area contributed by atoms with Gasteiger partial charge in [-0.15, -0.1) is 11.8 Å². The molecule has 0 aliphatic carbocycles. The first kappa shape index (κ1) is 11.1. The van der Waals surface area contributed by atoms with E-state index in [9.17, 15) is 9.59 Å². The summed E-state index contributed by atoms with van der Waals surface area (Å²) in [6, 6.07) is 0. The van der Waals surface area contributed by atoms with Crippen LogP contribution in [0.15, 0.2) is 29.1 Å². The molecule has 2 aliphatic heterocycles. The number of amides is 1. The van der Waals surface area contributed by atoms with Crippen molar-refractivity contribution in [1.82, 2.24) is 14.7 Å². The summed E-state index contributed by atoms with van der Waals surface area (Å²) < 4.78 is 1.65. The average molecular weight is 263 g/mol. The van der Waals surface area contributed by atoms with E-state index in [1.54, 1.807) is 30.2 Å². The van der Waals surface area contributed by atoms with Crippen LogP contribution in [-0.4, -0.2) is 37.0 Å². The molecule has 0 bridgehead atoms. The normalized spacial score (nSPS) is 23.9. The number of β-lactam (4-membered cyclic amide) rings is 1. The SMILES string of the molecule is Cn1cc(/C=C2/C(=O)N3C(C(=O)O)=CS[C@@H]23)cn1. The Kier molecular flexibility index (Phi) is 2.30. The summed E-state index contributed by atoms with van der Waals surface area (Å²) in [5, 5.41) is 14.2. The minimum Gasteiger partial charge on any atom is -0.477 e. The maximum Gasteiger partial charge on any atom is 0.353 e. The van der Waals surface area contributed by atoms with E-state index in [-0.39, 0.29) is 17.0 Å². The van der Waals surface area contributed by atoms with Crippen LogP contribution in [0.25, 0.3) is 6.08 Å². The summed E-state index contributed by atoms with van der Waals surface area (Å²) in [7, 11) is 1.80. The molecule has 1 aromatic rings. The van der Waals surface area contributed by atoms with Crippen molar-refractivity contribution < 1.29 is 14.7 Å². The molecule has 6 nitrogen and oxygen atoms in total. The molecule has 2 aliphatic rings. The zero-order valence-electron chi connectivity index (χ0n) is 9.40. The summed E-state index contributed by atoms with van der Waals surface area (Å²) >= 11 is 1.33. The van der Waals surface area contributed by atoms with Crippen LogP contribution in [0.2, 0.25) is 0 Å². The van der Waals surface area contributed by atoms with Gasteiger partial charge in [-0.1, -0.05) is 0 Å². The third-order valence-electron chi connectivity index (χ3n) is 2.80. The highest BCUT2D eigenvalue weighted by atomic mass is 32.2. The molecule has 0 unspecified atom stereocenters. The van der Waals surface area contributed by atoms with Crippen LogP contribution in [-0.2, 0) is 16.6 Å². The highest BCUT2D eigenvalue weighted by molar-refractivity contribution is 8.03. The molecule has 1 fully saturated rings. The first-order chi connectivity index (χ1) is 8.58. The lowest BCUT2D eigenvalue weighted by molar-refractivity contribution is -0.141. The van der Waals surface area contributed by atoms with E-state index in [0.29, 0.717) is 5.57 Å². The number of carbonyl (C=O) groups excluding carboxylic acids is 1. The van der Waals surface area contributed by atoms with Gasteiger partial charge < -0.3 is 5.11 Å². The van der Waals surface area contributed by atoms with Crippen LogP contribution in [0.3, 0.4) is 0 Å². The van der Waals surface area contributed by atoms with Gasteiger partial charge in [-0.05, 0) is 6.08 Å². The van der Waals surface area contributed by atoms with E-state index in [1.807, 2.05) is 0 Å². The van der Waals surface area contributed by atoms with Gasteiger partial charge in [-0.3, -0.25) is 14.4 Å². The predicted octanol–water partition coefficient (Wildman–Crippen LogP) is 0.645. The maximum atomic E-state index is 11.9. The Morgan fingerprint density at radius 3 is 3.00 bits per heavy atom. The number of rotatable bonds is 2. The summed E-state index contributed by atoms with van der Waals surface area (Å²) in [5.74, 6) is -1.32. The molecule has 0 radical (unpaired) electrons. The number of carboxylic acids is 1. The van der Waals surface area contributed by atoms with Crippen molar-refractivity contribution >= 4 is 29.7 Å². The van der Waals surface area contributed by atoms with E-state index >= 15 is 0 Å². The third-order valence-corrected chi connectivity index (χ3v) is 3.88. The molecule has 1 amide bonds. The Morgan fingerprint density at radius 2 is 2.39 bits per heavy atom. The van der Waals surface area contributed by atoms with Gasteiger partial charge in [0.15, 0.2) is 0 Å². The second kappa shape index (κ2) is 3.74. The van der Waals surface area contributed by atoms with Crippen molar-refractivity contribution in [2.75, 3.05) is 0 Å². The molecule has 1 saturated heterocycles. The van der Waals surface area contributed by atoms with Gasteiger partial charge in [0.25, 0.3) is 5.91 Å². The quantitative estimate of drug-likeness (QED) is 0.626. The van der Waals surface area contributed by atoms with Crippen LogP contribution >= 0.6 is 11.8 Å². The molecule has 18 heavy (non-hydrogen) atoms. The van der Waals surface area contributed by atoms with Crippen LogP contribution in [0.5, 0.6) is 0 Å². The Balaban J connectivity index is 1.86. The number of aromatic nitrogens is 2. The number of hydrogen-bond donors (Lipinski definition) is 1. The van der Waals surface area contributed by atoms with Gasteiger partial charge >= 0.3 is 5.97 Å². The van der Waals surface area contributed by atoms with Gasteiger partial charge in [0.2, 0.25) is 0 Å². The average Bonchev–Trinajstić information content (AvgIpc) is 2.89. The number of aliphatic carboxylic acids is 1. The number of fused-ring (bicyclic) bond motifs is 1. The standard InChI is InChI=1S/C11H9N3O3S/c1-13-4-6(3-12-13)2-7-9(15)14-8(11(16)17)5-18-10(7)14/h2-5,10H,1H3,(H,16,17)/b7-2-/t10-/m0/s1. The minimum absolute atomic E-state index is 0.0540. The fraction of sp³-hybridized carbons (Fsp3) is 0.182. The number of carbonyl (C=O) groups is 2. The Morgan fingerprint density at radius 1 is 1.61 bits per heavy atom. The molecule has 1 N–H and O–H groups in total. The summed E-state index contributed by atoms with van der Waals surface area (Å²) in [6.07, 6.45) is 5.21. The summed E-state index contributed by atoms with van der Waals surface area (Å²) in [4.78, 5) is 24.1. The smallest absolute Gasteiger partial charge is 0.353 e. The van der Waals surface area contributed by atoms with Gasteiger partial charge in [0, 0.05) is 24.2 Å². The molecule has 1 aromatic heterocycles. The van der Waals surface area contributed by atoms with Crippen molar-refractivity contribution in [1.29, 1.82) is 0 Å². The first-order valence-corrected chi connectivity index (χ1v) is 6.15. The van der Waals surface area contributed by atoms with E-state index in [2.05, 4.69) is 5.10 Å². The number of nitrogens with zero attached hydrogens (tertiary/aromatic N) is 3. The maximum absolute atomic E-state index is 11.9. The molecular formula is C11H9N3O3S. The van der Waals surface area contributed by atoms with Gasteiger partial charge in [0.1, 0.15) is 11.1 Å². The zero-order chi connectivity index (χ0) is 12.9. The lowest BCUT2D eigenvalue weighted by atomic mass is 10.0. The monoisotopic (exact) mass is 263 g/mol. The lowest BCUT2D eigenvalue weighted by Gasteiger charge is -2.37. The molecule has 1 atom stereocenters. The highest BCUT2D eigenvalue weighted by Gasteiger charge is 2.49. The van der Waals surface area contributed by atoms with Gasteiger partial charge in [-0.2, -0.15) is 5.10 Å². The van der Waals surface area contributed by atoms with E-state index < -0.39 is 5.97 Å². The van der Waals surface area contributed by atoms with Crippen molar-refractivity contribution in [3.63, 3.8) is 0 Å². The molecule has 92 valence electrons. The Bertz CT molecular complexity index is 617. The number of thioether (sulfide) groups is 1. The van der Waals surface area contributed by atoms with Gasteiger partial charge in [-0.25, -0.2) is 4.79 Å². The van der Waals surface area contributed by atoms with E-state index in [4.69, 9.17) is 5.11 Å².